The summed E-state index contributed by atoms with van der Waals surface area (Å²) in [5.74, 6) is 0.963. The minimum Gasteiger partial charge on any atom is -0.355 e. The molecule has 4 rings (SSSR count). The van der Waals surface area contributed by atoms with Gasteiger partial charge in [0.2, 0.25) is 0 Å². The number of likely N-dealkylation sites (tertiary alicyclic amines) is 2. The van der Waals surface area contributed by atoms with Crippen molar-refractivity contribution in [1.29, 1.82) is 0 Å². The maximum Gasteiger partial charge on any atom is 0.191 e. The SMILES string of the molecule is CN=C(NCC1(Sc2ccccc2)CC1)NCC1(N2CCCCC2)CCN(C)CC1. The van der Waals surface area contributed by atoms with Crippen LogP contribution in [-0.4, -0.2) is 79.4 Å². The fraction of sp³-hybridized carbons (Fsp3) is 0.708. The molecule has 0 aromatic heterocycles. The third-order valence-corrected chi connectivity index (χ3v) is 8.71. The Balaban J connectivity index is 1.32. The molecule has 1 saturated carbocycles. The maximum absolute atomic E-state index is 4.56. The molecule has 1 aromatic rings. The van der Waals surface area contributed by atoms with Gasteiger partial charge in [-0.25, -0.2) is 0 Å². The van der Waals surface area contributed by atoms with Gasteiger partial charge in [0.1, 0.15) is 0 Å². The van der Waals surface area contributed by atoms with Crippen LogP contribution in [0.15, 0.2) is 40.2 Å². The second-order valence-electron chi connectivity index (χ2n) is 9.45. The van der Waals surface area contributed by atoms with E-state index >= 15 is 0 Å². The van der Waals surface area contributed by atoms with Gasteiger partial charge in [-0.15, -0.1) is 11.8 Å². The second kappa shape index (κ2) is 9.92. The summed E-state index contributed by atoms with van der Waals surface area (Å²) in [4.78, 5) is 11.2. The summed E-state index contributed by atoms with van der Waals surface area (Å²) in [7, 11) is 4.16. The number of aliphatic imine (C=N–C) groups is 1. The summed E-state index contributed by atoms with van der Waals surface area (Å²) in [6, 6.07) is 10.8. The molecule has 2 aliphatic heterocycles. The van der Waals surface area contributed by atoms with Crippen molar-refractivity contribution in [3.8, 4) is 0 Å². The molecule has 0 atom stereocenters. The molecule has 1 aromatic carbocycles. The number of hydrogen-bond acceptors (Lipinski definition) is 4. The molecular formula is C24H39N5S. The Hall–Kier alpha value is -1.24. The van der Waals surface area contributed by atoms with Crippen molar-refractivity contribution in [3.63, 3.8) is 0 Å². The van der Waals surface area contributed by atoms with Crippen molar-refractivity contribution < 1.29 is 0 Å². The van der Waals surface area contributed by atoms with Gasteiger partial charge in [0.25, 0.3) is 0 Å². The zero-order valence-electron chi connectivity index (χ0n) is 18.8. The first-order valence-corrected chi connectivity index (χ1v) is 12.6. The normalized spacial score (nSPS) is 24.4. The second-order valence-corrected chi connectivity index (χ2v) is 11.0. The molecule has 6 heteroatoms. The fourth-order valence-electron chi connectivity index (χ4n) is 4.91. The van der Waals surface area contributed by atoms with E-state index in [4.69, 9.17) is 0 Å². The van der Waals surface area contributed by atoms with E-state index < -0.39 is 0 Å². The van der Waals surface area contributed by atoms with Gasteiger partial charge in [-0.3, -0.25) is 9.89 Å². The van der Waals surface area contributed by atoms with Crippen molar-refractivity contribution >= 4 is 17.7 Å². The molecule has 3 fully saturated rings. The van der Waals surface area contributed by atoms with Gasteiger partial charge in [0, 0.05) is 35.3 Å². The van der Waals surface area contributed by atoms with E-state index in [-0.39, 0.29) is 5.54 Å². The fourth-order valence-corrected chi connectivity index (χ4v) is 6.16. The molecular weight excluding hydrogens is 390 g/mol. The third-order valence-electron chi connectivity index (χ3n) is 7.22. The Morgan fingerprint density at radius 2 is 1.60 bits per heavy atom. The average Bonchev–Trinajstić information content (AvgIpc) is 3.56. The van der Waals surface area contributed by atoms with Crippen LogP contribution in [0.5, 0.6) is 0 Å². The van der Waals surface area contributed by atoms with Crippen LogP contribution in [0, 0.1) is 0 Å². The lowest BCUT2D eigenvalue weighted by Gasteiger charge is -2.50. The van der Waals surface area contributed by atoms with Crippen LogP contribution in [0.1, 0.15) is 44.9 Å². The number of hydrogen-bond donors (Lipinski definition) is 2. The first-order chi connectivity index (χ1) is 14.6. The molecule has 0 spiro atoms. The Bertz CT molecular complexity index is 689. The third kappa shape index (κ3) is 5.51. The van der Waals surface area contributed by atoms with Crippen LogP contribution in [0.3, 0.4) is 0 Å². The largest absolute Gasteiger partial charge is 0.355 e. The number of benzene rings is 1. The van der Waals surface area contributed by atoms with E-state index in [1.165, 1.54) is 76.0 Å². The monoisotopic (exact) mass is 429 g/mol. The van der Waals surface area contributed by atoms with Crippen LogP contribution in [-0.2, 0) is 0 Å². The van der Waals surface area contributed by atoms with Gasteiger partial charge in [0.05, 0.1) is 0 Å². The number of rotatable bonds is 7. The first kappa shape index (κ1) is 22.0. The highest BCUT2D eigenvalue weighted by Crippen LogP contribution is 2.51. The molecule has 2 heterocycles. The van der Waals surface area contributed by atoms with E-state index in [0.717, 1.165) is 19.0 Å². The maximum atomic E-state index is 4.56. The van der Waals surface area contributed by atoms with Crippen molar-refractivity contribution in [1.82, 2.24) is 20.4 Å². The molecule has 166 valence electrons. The quantitative estimate of drug-likeness (QED) is 0.514. The first-order valence-electron chi connectivity index (χ1n) is 11.8. The van der Waals surface area contributed by atoms with Crippen molar-refractivity contribution in [2.45, 2.75) is 60.1 Å². The Labute approximate surface area is 187 Å². The Morgan fingerprint density at radius 1 is 0.933 bits per heavy atom. The van der Waals surface area contributed by atoms with E-state index in [2.05, 4.69) is 62.8 Å². The van der Waals surface area contributed by atoms with Gasteiger partial charge in [-0.2, -0.15) is 0 Å². The highest BCUT2D eigenvalue weighted by Gasteiger charge is 2.44. The van der Waals surface area contributed by atoms with Crippen LogP contribution < -0.4 is 10.6 Å². The standard InChI is InChI=1S/C24H39N5S/c1-25-22(27-20-24(11-12-24)30-21-9-5-3-6-10-21)26-19-23(13-17-28(2)18-14-23)29-15-7-4-8-16-29/h3,5-6,9-10H,4,7-8,11-20H2,1-2H3,(H2,25,26,27). The van der Waals surface area contributed by atoms with Crippen molar-refractivity contribution in [2.24, 2.45) is 4.99 Å². The molecule has 0 radical (unpaired) electrons. The lowest BCUT2D eigenvalue weighted by atomic mass is 9.84. The van der Waals surface area contributed by atoms with Gasteiger partial charge < -0.3 is 15.5 Å². The zero-order chi connectivity index (χ0) is 20.9. The van der Waals surface area contributed by atoms with Gasteiger partial charge in [0.15, 0.2) is 5.96 Å². The Kier molecular flexibility index (Phi) is 7.27. The Morgan fingerprint density at radius 3 is 2.23 bits per heavy atom. The lowest BCUT2D eigenvalue weighted by Crippen LogP contribution is -2.62. The predicted molar refractivity (Wildman–Crippen MR) is 129 cm³/mol. The zero-order valence-corrected chi connectivity index (χ0v) is 19.6. The minimum atomic E-state index is 0.278. The summed E-state index contributed by atoms with van der Waals surface area (Å²) in [6.07, 6.45) is 9.15. The number of guanidine groups is 1. The van der Waals surface area contributed by atoms with Crippen LogP contribution in [0.4, 0.5) is 0 Å². The van der Waals surface area contributed by atoms with E-state index in [9.17, 15) is 0 Å². The molecule has 2 N–H and O–H groups in total. The van der Waals surface area contributed by atoms with E-state index in [0.29, 0.717) is 4.75 Å². The van der Waals surface area contributed by atoms with E-state index in [1.54, 1.807) is 0 Å². The molecule has 2 saturated heterocycles. The predicted octanol–water partition coefficient (Wildman–Crippen LogP) is 3.43. The highest BCUT2D eigenvalue weighted by molar-refractivity contribution is 8.01. The van der Waals surface area contributed by atoms with Crippen molar-refractivity contribution in [3.05, 3.63) is 30.3 Å². The highest BCUT2D eigenvalue weighted by atomic mass is 32.2. The average molecular weight is 430 g/mol. The number of nitrogens with one attached hydrogen (secondary N) is 2. The summed E-state index contributed by atoms with van der Waals surface area (Å²) in [6.45, 7) is 6.88. The topological polar surface area (TPSA) is 42.9 Å². The molecule has 0 bridgehead atoms. The number of thioether (sulfide) groups is 1. The van der Waals surface area contributed by atoms with Crippen molar-refractivity contribution in [2.75, 3.05) is 53.4 Å². The van der Waals surface area contributed by atoms with Crippen LogP contribution in [0.2, 0.25) is 0 Å². The molecule has 0 amide bonds. The van der Waals surface area contributed by atoms with Crippen LogP contribution in [0.25, 0.3) is 0 Å². The van der Waals surface area contributed by atoms with Crippen LogP contribution >= 0.6 is 11.8 Å². The molecule has 3 aliphatic rings. The summed E-state index contributed by atoms with van der Waals surface area (Å²) >= 11 is 2.02. The minimum absolute atomic E-state index is 0.278. The summed E-state index contributed by atoms with van der Waals surface area (Å²) in [5.41, 5.74) is 0.278. The summed E-state index contributed by atoms with van der Waals surface area (Å²) < 4.78 is 0.330. The smallest absolute Gasteiger partial charge is 0.191 e. The van der Waals surface area contributed by atoms with Gasteiger partial charge in [-0.1, -0.05) is 24.6 Å². The summed E-state index contributed by atoms with van der Waals surface area (Å²) in [5, 5.41) is 7.38. The number of nitrogens with zero attached hydrogens (tertiary/aromatic N) is 3. The lowest BCUT2D eigenvalue weighted by molar-refractivity contribution is 0.0173. The molecule has 0 unspecified atom stereocenters. The molecule has 30 heavy (non-hydrogen) atoms. The van der Waals surface area contributed by atoms with Gasteiger partial charge in [-0.05, 0) is 83.9 Å². The molecule has 5 nitrogen and oxygen atoms in total. The molecule has 1 aliphatic carbocycles. The number of piperidine rings is 2. The van der Waals surface area contributed by atoms with E-state index in [1.807, 2.05) is 18.8 Å². The van der Waals surface area contributed by atoms with Gasteiger partial charge >= 0.3 is 0 Å².